The molecule has 1 atom stereocenters. The van der Waals surface area contributed by atoms with E-state index in [1.807, 2.05) is 41.1 Å². The molecule has 5 aromatic rings. The molecular formula is C30H23FN6OS. The fraction of sp³-hybridized carbons (Fsp3) is 0.133. The molecular weight excluding hydrogens is 511 g/mol. The van der Waals surface area contributed by atoms with Crippen LogP contribution in [0.25, 0.3) is 5.65 Å². The summed E-state index contributed by atoms with van der Waals surface area (Å²) in [6, 6.07) is 18.9. The van der Waals surface area contributed by atoms with E-state index in [2.05, 4.69) is 33.3 Å². The van der Waals surface area contributed by atoms with Crippen LogP contribution in [0.15, 0.2) is 90.3 Å². The Balaban J connectivity index is 1.35. The first-order valence-electron chi connectivity index (χ1n) is 12.2. The second kappa shape index (κ2) is 11.7. The van der Waals surface area contributed by atoms with E-state index in [1.54, 1.807) is 60.0 Å². The van der Waals surface area contributed by atoms with Crippen molar-refractivity contribution in [2.75, 3.05) is 0 Å². The number of rotatable bonds is 7. The topological polar surface area (TPSA) is 88.0 Å². The number of nitrogens with one attached hydrogen (secondary N) is 1. The first-order valence-corrected chi connectivity index (χ1v) is 13.1. The lowest BCUT2D eigenvalue weighted by molar-refractivity contribution is 0.0951. The van der Waals surface area contributed by atoms with Crippen molar-refractivity contribution in [3.63, 3.8) is 0 Å². The molecule has 0 saturated heterocycles. The Morgan fingerprint density at radius 3 is 2.74 bits per heavy atom. The highest BCUT2D eigenvalue weighted by Gasteiger charge is 2.12. The van der Waals surface area contributed by atoms with Gasteiger partial charge >= 0.3 is 0 Å². The van der Waals surface area contributed by atoms with Crippen molar-refractivity contribution in [1.29, 1.82) is 5.26 Å². The number of imidazole rings is 1. The van der Waals surface area contributed by atoms with E-state index in [0.29, 0.717) is 29.0 Å². The minimum absolute atomic E-state index is 0.219. The fourth-order valence-corrected chi connectivity index (χ4v) is 4.68. The minimum Gasteiger partial charge on any atom is -0.348 e. The summed E-state index contributed by atoms with van der Waals surface area (Å²) >= 11 is 1.54. The van der Waals surface area contributed by atoms with Crippen LogP contribution in [0.1, 0.15) is 45.7 Å². The number of benzene rings is 2. The molecule has 0 aliphatic rings. The SMILES string of the molecule is CC(C#N)n1ccc(CSc2ccc(C(=O)NCc3ccn4ccnc4c3)cc2C#Cc2ccc(F)cc2)n1. The number of nitriles is 1. The predicted octanol–water partition coefficient (Wildman–Crippen LogP) is 5.38. The smallest absolute Gasteiger partial charge is 0.251 e. The number of halogens is 1. The second-order valence-corrected chi connectivity index (χ2v) is 9.78. The minimum atomic E-state index is -0.347. The zero-order valence-corrected chi connectivity index (χ0v) is 21.8. The summed E-state index contributed by atoms with van der Waals surface area (Å²) < 4.78 is 16.9. The standard InChI is InChI=1S/C30H23FN6OS/c1-21(18-32)37-14-11-27(35-37)20-39-28-9-6-25(17-24(28)5-2-22-3-7-26(31)8-4-22)30(38)34-19-23-10-13-36-15-12-33-29(36)16-23/h3-4,6-17,21H,19-20H2,1H3,(H,34,38). The lowest BCUT2D eigenvalue weighted by atomic mass is 10.1. The Hall–Kier alpha value is -4.86. The zero-order chi connectivity index (χ0) is 27.2. The highest BCUT2D eigenvalue weighted by atomic mass is 32.2. The predicted molar refractivity (Wildman–Crippen MR) is 147 cm³/mol. The summed E-state index contributed by atoms with van der Waals surface area (Å²) in [6.07, 6.45) is 7.29. The number of amides is 1. The quantitative estimate of drug-likeness (QED) is 0.224. The third-order valence-corrected chi connectivity index (χ3v) is 7.07. The maximum absolute atomic E-state index is 13.3. The molecule has 0 aliphatic heterocycles. The van der Waals surface area contributed by atoms with E-state index in [-0.39, 0.29) is 17.8 Å². The number of hydrogen-bond donors (Lipinski definition) is 1. The molecule has 3 aromatic heterocycles. The van der Waals surface area contributed by atoms with Crippen molar-refractivity contribution in [3.05, 3.63) is 119 Å². The van der Waals surface area contributed by atoms with Gasteiger partial charge in [0, 0.05) is 58.7 Å². The summed E-state index contributed by atoms with van der Waals surface area (Å²) in [7, 11) is 0. The van der Waals surface area contributed by atoms with Crippen LogP contribution in [0.4, 0.5) is 4.39 Å². The molecule has 1 unspecified atom stereocenters. The van der Waals surface area contributed by atoms with Gasteiger partial charge in [0.15, 0.2) is 0 Å². The summed E-state index contributed by atoms with van der Waals surface area (Å²) in [6.45, 7) is 2.14. The van der Waals surface area contributed by atoms with Crippen LogP contribution in [0.2, 0.25) is 0 Å². The number of hydrogen-bond acceptors (Lipinski definition) is 5. The van der Waals surface area contributed by atoms with Gasteiger partial charge in [0.05, 0.1) is 11.8 Å². The van der Waals surface area contributed by atoms with Crippen molar-refractivity contribution in [2.24, 2.45) is 0 Å². The van der Waals surface area contributed by atoms with Crippen LogP contribution in [0.5, 0.6) is 0 Å². The number of pyridine rings is 1. The van der Waals surface area contributed by atoms with Gasteiger partial charge in [-0.1, -0.05) is 11.8 Å². The summed E-state index contributed by atoms with van der Waals surface area (Å²) in [5, 5.41) is 16.6. The zero-order valence-electron chi connectivity index (χ0n) is 21.0. The van der Waals surface area contributed by atoms with Crippen molar-refractivity contribution in [1.82, 2.24) is 24.5 Å². The highest BCUT2D eigenvalue weighted by Crippen LogP contribution is 2.27. The number of carbonyl (C=O) groups excluding carboxylic acids is 1. The summed E-state index contributed by atoms with van der Waals surface area (Å²) in [5.41, 5.74) is 4.41. The first-order chi connectivity index (χ1) is 19.0. The van der Waals surface area contributed by atoms with Gasteiger partial charge in [0.1, 0.15) is 17.5 Å². The molecule has 0 bridgehead atoms. The molecule has 0 fully saturated rings. The second-order valence-electron chi connectivity index (χ2n) is 8.76. The molecule has 7 nitrogen and oxygen atoms in total. The van der Waals surface area contributed by atoms with Crippen LogP contribution >= 0.6 is 11.8 Å². The largest absolute Gasteiger partial charge is 0.348 e. The molecule has 0 radical (unpaired) electrons. The van der Waals surface area contributed by atoms with Gasteiger partial charge in [0.2, 0.25) is 0 Å². The Morgan fingerprint density at radius 1 is 1.08 bits per heavy atom. The lowest BCUT2D eigenvalue weighted by Crippen LogP contribution is -2.23. The van der Waals surface area contributed by atoms with Crippen LogP contribution in [0.3, 0.4) is 0 Å². The fourth-order valence-electron chi connectivity index (χ4n) is 3.80. The molecule has 5 rings (SSSR count). The van der Waals surface area contributed by atoms with E-state index in [4.69, 9.17) is 5.26 Å². The lowest BCUT2D eigenvalue weighted by Gasteiger charge is -2.09. The van der Waals surface area contributed by atoms with Gasteiger partial charge in [0.25, 0.3) is 5.91 Å². The van der Waals surface area contributed by atoms with Gasteiger partial charge < -0.3 is 9.72 Å². The number of nitrogens with zero attached hydrogens (tertiary/aromatic N) is 5. The molecule has 39 heavy (non-hydrogen) atoms. The van der Waals surface area contributed by atoms with Crippen molar-refractivity contribution < 1.29 is 9.18 Å². The molecule has 3 heterocycles. The average molecular weight is 535 g/mol. The van der Waals surface area contributed by atoms with E-state index < -0.39 is 0 Å². The van der Waals surface area contributed by atoms with Gasteiger partial charge in [-0.3, -0.25) is 9.48 Å². The third kappa shape index (κ3) is 6.35. The Labute approximate surface area is 229 Å². The van der Waals surface area contributed by atoms with Crippen LogP contribution < -0.4 is 5.32 Å². The van der Waals surface area contributed by atoms with Crippen LogP contribution in [-0.4, -0.2) is 25.1 Å². The number of fused-ring (bicyclic) bond motifs is 1. The van der Waals surface area contributed by atoms with Crippen LogP contribution in [0, 0.1) is 29.0 Å². The monoisotopic (exact) mass is 534 g/mol. The first kappa shape index (κ1) is 25.8. The van der Waals surface area contributed by atoms with Gasteiger partial charge in [-0.25, -0.2) is 9.37 Å². The van der Waals surface area contributed by atoms with Gasteiger partial charge in [-0.15, -0.1) is 11.8 Å². The van der Waals surface area contributed by atoms with E-state index in [9.17, 15) is 9.18 Å². The van der Waals surface area contributed by atoms with E-state index >= 15 is 0 Å². The number of aromatic nitrogens is 4. The Morgan fingerprint density at radius 2 is 1.92 bits per heavy atom. The molecule has 0 spiro atoms. The molecule has 1 amide bonds. The maximum Gasteiger partial charge on any atom is 0.251 e. The summed E-state index contributed by atoms with van der Waals surface area (Å²) in [5.74, 6) is 6.24. The number of thioether (sulfide) groups is 1. The molecule has 2 aromatic carbocycles. The molecule has 0 aliphatic carbocycles. The summed E-state index contributed by atoms with van der Waals surface area (Å²) in [4.78, 5) is 18.2. The number of carbonyl (C=O) groups is 1. The normalized spacial score (nSPS) is 11.4. The Bertz CT molecular complexity index is 1740. The highest BCUT2D eigenvalue weighted by molar-refractivity contribution is 7.98. The van der Waals surface area contributed by atoms with Crippen molar-refractivity contribution in [2.45, 2.75) is 30.2 Å². The molecule has 1 N–H and O–H groups in total. The van der Waals surface area contributed by atoms with Crippen molar-refractivity contribution in [3.8, 4) is 17.9 Å². The van der Waals surface area contributed by atoms with Crippen molar-refractivity contribution >= 4 is 23.3 Å². The van der Waals surface area contributed by atoms with E-state index in [0.717, 1.165) is 21.8 Å². The van der Waals surface area contributed by atoms with Gasteiger partial charge in [-0.05, 0) is 73.2 Å². The molecule has 9 heteroatoms. The molecule has 192 valence electrons. The molecule has 0 saturated carbocycles. The Kier molecular flexibility index (Phi) is 7.72. The van der Waals surface area contributed by atoms with Gasteiger partial charge in [-0.2, -0.15) is 10.4 Å². The van der Waals surface area contributed by atoms with E-state index in [1.165, 1.54) is 12.1 Å². The maximum atomic E-state index is 13.3. The average Bonchev–Trinajstić information content (AvgIpc) is 3.64. The third-order valence-electron chi connectivity index (χ3n) is 5.97. The van der Waals surface area contributed by atoms with Crippen LogP contribution in [-0.2, 0) is 12.3 Å².